The number of aromatic nitrogens is 1. The zero-order valence-corrected chi connectivity index (χ0v) is 21.1. The van der Waals surface area contributed by atoms with E-state index in [9.17, 15) is 18.0 Å². The molecule has 2 aromatic carbocycles. The molecule has 1 aromatic heterocycles. The van der Waals surface area contributed by atoms with Crippen LogP contribution >= 0.6 is 11.6 Å². The highest BCUT2D eigenvalue weighted by atomic mass is 35.5. The molecule has 8 nitrogen and oxygen atoms in total. The molecular formula is C25H27ClN4O4S. The van der Waals surface area contributed by atoms with Crippen LogP contribution in [0.25, 0.3) is 10.9 Å². The minimum Gasteiger partial charge on any atom is -0.369 e. The topological polar surface area (TPSA) is 125 Å². The first-order chi connectivity index (χ1) is 16.5. The maximum atomic E-state index is 13.8. The lowest BCUT2D eigenvalue weighted by molar-refractivity contribution is -0.126. The lowest BCUT2D eigenvalue weighted by atomic mass is 9.60. The quantitative estimate of drug-likeness (QED) is 0.466. The highest BCUT2D eigenvalue weighted by molar-refractivity contribution is 7.91. The molecule has 5 rings (SSSR count). The zero-order valence-electron chi connectivity index (χ0n) is 19.5. The summed E-state index contributed by atoms with van der Waals surface area (Å²) < 4.78 is 27.6. The number of aryl methyl sites for hydroxylation is 2. The number of carbonyl (C=O) groups excluding carboxylic acids is 2. The summed E-state index contributed by atoms with van der Waals surface area (Å²) in [5, 5.41) is 3.76. The molecule has 1 aliphatic heterocycles. The van der Waals surface area contributed by atoms with E-state index in [1.165, 1.54) is 0 Å². The van der Waals surface area contributed by atoms with Crippen molar-refractivity contribution in [1.29, 1.82) is 0 Å². The fourth-order valence-corrected chi connectivity index (χ4v) is 7.58. The Labute approximate surface area is 208 Å². The molecule has 2 aliphatic rings. The number of nitrogens with one attached hydrogen (secondary N) is 2. The molecule has 35 heavy (non-hydrogen) atoms. The molecule has 1 saturated carbocycles. The molecule has 1 spiro atoms. The summed E-state index contributed by atoms with van der Waals surface area (Å²) in [4.78, 5) is 29.5. The molecule has 2 heterocycles. The van der Waals surface area contributed by atoms with Crippen LogP contribution in [0.4, 0.5) is 0 Å². The van der Waals surface area contributed by atoms with Gasteiger partial charge in [0, 0.05) is 35.1 Å². The average Bonchev–Trinajstić information content (AvgIpc) is 3.09. The van der Waals surface area contributed by atoms with Crippen molar-refractivity contribution in [3.8, 4) is 0 Å². The largest absolute Gasteiger partial charge is 0.369 e. The van der Waals surface area contributed by atoms with Crippen molar-refractivity contribution in [2.24, 2.45) is 11.1 Å². The van der Waals surface area contributed by atoms with Crippen molar-refractivity contribution < 1.29 is 18.0 Å². The second kappa shape index (κ2) is 8.36. The average molecular weight is 515 g/mol. The Morgan fingerprint density at radius 2 is 1.80 bits per heavy atom. The highest BCUT2D eigenvalue weighted by Gasteiger charge is 2.52. The molecule has 1 saturated heterocycles. The lowest BCUT2D eigenvalue weighted by Crippen LogP contribution is -2.67. The number of primary amides is 1. The molecule has 0 atom stereocenters. The van der Waals surface area contributed by atoms with Gasteiger partial charge in [0.15, 0.2) is 0 Å². The summed E-state index contributed by atoms with van der Waals surface area (Å²) in [6, 6.07) is 9.95. The number of carbonyl (C=O) groups is 2. The van der Waals surface area contributed by atoms with Crippen molar-refractivity contribution >= 4 is 44.2 Å². The maximum Gasteiger partial charge on any atom is 0.269 e. The van der Waals surface area contributed by atoms with Gasteiger partial charge in [0.05, 0.1) is 11.4 Å². The lowest BCUT2D eigenvalue weighted by Gasteiger charge is -2.59. The molecule has 4 N–H and O–H groups in total. The maximum absolute atomic E-state index is 13.8. The molecular weight excluding hydrogens is 488 g/mol. The Morgan fingerprint density at radius 3 is 2.43 bits per heavy atom. The number of likely N-dealkylation sites (tertiary alicyclic amines) is 1. The van der Waals surface area contributed by atoms with Gasteiger partial charge in [0.1, 0.15) is 10.6 Å². The summed E-state index contributed by atoms with van der Waals surface area (Å²) in [6.45, 7) is 5.47. The molecule has 3 aromatic rings. The van der Waals surface area contributed by atoms with E-state index in [-0.39, 0.29) is 39.4 Å². The van der Waals surface area contributed by atoms with E-state index in [2.05, 4.69) is 10.3 Å². The number of sulfone groups is 1. The highest BCUT2D eigenvalue weighted by Crippen LogP contribution is 2.48. The van der Waals surface area contributed by atoms with Crippen molar-refractivity contribution in [3.63, 3.8) is 0 Å². The molecule has 0 bridgehead atoms. The van der Waals surface area contributed by atoms with Gasteiger partial charge in [-0.1, -0.05) is 17.7 Å². The normalized spacial score (nSPS) is 17.8. The third kappa shape index (κ3) is 4.32. The number of amides is 2. The van der Waals surface area contributed by atoms with E-state index in [1.54, 1.807) is 30.3 Å². The van der Waals surface area contributed by atoms with Gasteiger partial charge in [-0.2, -0.15) is 0 Å². The number of rotatable bonds is 6. The van der Waals surface area contributed by atoms with Crippen LogP contribution in [0, 0.1) is 19.3 Å². The molecule has 184 valence electrons. The van der Waals surface area contributed by atoms with Gasteiger partial charge in [-0.3, -0.25) is 14.5 Å². The molecule has 0 unspecified atom stereocenters. The molecule has 10 heteroatoms. The number of aromatic amines is 1. The first-order valence-corrected chi connectivity index (χ1v) is 13.3. The predicted molar refractivity (Wildman–Crippen MR) is 133 cm³/mol. The van der Waals surface area contributed by atoms with E-state index >= 15 is 0 Å². The van der Waals surface area contributed by atoms with Gasteiger partial charge in [0.2, 0.25) is 15.7 Å². The summed E-state index contributed by atoms with van der Waals surface area (Å²) in [5.74, 6) is -0.811. The Morgan fingerprint density at radius 1 is 1.14 bits per heavy atom. The van der Waals surface area contributed by atoms with Crippen LogP contribution in [0.3, 0.4) is 0 Å². The summed E-state index contributed by atoms with van der Waals surface area (Å²) in [7, 11) is -4.02. The third-order valence-electron chi connectivity index (χ3n) is 6.91. The van der Waals surface area contributed by atoms with Crippen LogP contribution in [0.5, 0.6) is 0 Å². The van der Waals surface area contributed by atoms with Crippen molar-refractivity contribution in [2.45, 2.75) is 42.5 Å². The predicted octanol–water partition coefficient (Wildman–Crippen LogP) is 2.95. The number of hydrogen-bond acceptors (Lipinski definition) is 5. The summed E-state index contributed by atoms with van der Waals surface area (Å²) in [5.41, 5.74) is 7.51. The number of fused-ring (bicyclic) bond motifs is 1. The summed E-state index contributed by atoms with van der Waals surface area (Å²) in [6.07, 6.45) is 1.55. The van der Waals surface area contributed by atoms with Crippen LogP contribution in [-0.4, -0.2) is 55.8 Å². The minimum absolute atomic E-state index is 0.00587. The van der Waals surface area contributed by atoms with Crippen LogP contribution in [0.15, 0.2) is 46.2 Å². The molecule has 2 amide bonds. The van der Waals surface area contributed by atoms with Crippen LogP contribution in [-0.2, 0) is 14.6 Å². The third-order valence-corrected chi connectivity index (χ3v) is 8.96. The fraction of sp³-hybridized carbons (Fsp3) is 0.360. The fourth-order valence-electron chi connectivity index (χ4n) is 5.62. The van der Waals surface area contributed by atoms with E-state index in [1.807, 2.05) is 24.8 Å². The van der Waals surface area contributed by atoms with Gasteiger partial charge in [0.25, 0.3) is 5.91 Å². The van der Waals surface area contributed by atoms with Crippen molar-refractivity contribution in [1.82, 2.24) is 15.2 Å². The van der Waals surface area contributed by atoms with E-state index in [4.69, 9.17) is 17.3 Å². The number of halogens is 1. The van der Waals surface area contributed by atoms with E-state index < -0.39 is 15.7 Å². The van der Waals surface area contributed by atoms with Gasteiger partial charge >= 0.3 is 0 Å². The summed E-state index contributed by atoms with van der Waals surface area (Å²) >= 11 is 6.20. The second-order valence-corrected chi connectivity index (χ2v) is 12.4. The van der Waals surface area contributed by atoms with Crippen LogP contribution in [0.2, 0.25) is 5.02 Å². The van der Waals surface area contributed by atoms with Gasteiger partial charge in [-0.05, 0) is 73.6 Å². The number of nitrogens with zero attached hydrogens (tertiary/aromatic N) is 1. The number of H-pyrrole nitrogens is 1. The number of hydrogen-bond donors (Lipinski definition) is 3. The number of nitrogens with two attached hydrogens (primary N) is 1. The number of benzene rings is 2. The van der Waals surface area contributed by atoms with Crippen LogP contribution < -0.4 is 11.1 Å². The Bertz CT molecular complexity index is 1450. The van der Waals surface area contributed by atoms with Crippen molar-refractivity contribution in [3.05, 3.63) is 58.2 Å². The first-order valence-electron chi connectivity index (χ1n) is 11.4. The standard InChI is InChI=1S/C25H27ClN4O4S/c1-14-5-15(2)7-18(6-14)35(33,34)23-19-8-16(26)3-4-20(19)29-22(23)24(32)28-17-9-25(10-17)12-30(13-25)11-21(27)31/h3-8,17,29H,9-13H2,1-2H3,(H2,27,31)(H,28,32). The Kier molecular flexibility index (Phi) is 5.69. The monoisotopic (exact) mass is 514 g/mol. The molecule has 1 aliphatic carbocycles. The zero-order chi connectivity index (χ0) is 25.1. The Balaban J connectivity index is 1.44. The second-order valence-electron chi connectivity index (χ2n) is 10.0. The smallest absolute Gasteiger partial charge is 0.269 e. The van der Waals surface area contributed by atoms with Gasteiger partial charge < -0.3 is 16.0 Å². The Hall–Kier alpha value is -2.88. The SMILES string of the molecule is Cc1cc(C)cc(S(=O)(=O)c2c(C(=O)NC3CC4(C3)CN(CC(N)=O)C4)[nH]c3ccc(Cl)cc23)c1. The van der Waals surface area contributed by atoms with Crippen molar-refractivity contribution in [2.75, 3.05) is 19.6 Å². The van der Waals surface area contributed by atoms with Crippen LogP contribution in [0.1, 0.15) is 34.5 Å². The molecule has 0 radical (unpaired) electrons. The minimum atomic E-state index is -4.02. The van der Waals surface area contributed by atoms with Gasteiger partial charge in [-0.15, -0.1) is 0 Å². The molecule has 2 fully saturated rings. The van der Waals surface area contributed by atoms with E-state index in [0.29, 0.717) is 15.9 Å². The van der Waals surface area contributed by atoms with E-state index in [0.717, 1.165) is 37.1 Å². The van der Waals surface area contributed by atoms with Gasteiger partial charge in [-0.25, -0.2) is 8.42 Å². The first kappa shape index (κ1) is 23.8.